The maximum Gasteiger partial charge on any atom is 0.223 e. The van der Waals surface area contributed by atoms with Gasteiger partial charge in [-0.15, -0.1) is 0 Å². The van der Waals surface area contributed by atoms with E-state index in [4.69, 9.17) is 0 Å². The van der Waals surface area contributed by atoms with Crippen LogP contribution in [0.25, 0.3) is 0 Å². The molecule has 4 nitrogen and oxygen atoms in total. The first-order chi connectivity index (χ1) is 9.56. The Labute approximate surface area is 122 Å². The zero-order valence-electron chi connectivity index (χ0n) is 12.9. The molecule has 0 aromatic carbocycles. The van der Waals surface area contributed by atoms with Gasteiger partial charge in [-0.3, -0.25) is 9.59 Å². The van der Waals surface area contributed by atoms with Crippen molar-refractivity contribution >= 4 is 11.8 Å². The van der Waals surface area contributed by atoms with E-state index < -0.39 is 0 Å². The zero-order chi connectivity index (χ0) is 14.5. The molecule has 2 amide bonds. The van der Waals surface area contributed by atoms with Crippen molar-refractivity contribution in [2.45, 2.75) is 52.4 Å². The standard InChI is InChI=1S/C16H28N2O2/c1-13-5-3-9-17(11-13)15(19)7-8-16(20)18-10-4-6-14(2)12-18/h13-14H,3-12H2,1-2H3/t13-,14+. The minimum absolute atomic E-state index is 0.162. The lowest BCUT2D eigenvalue weighted by Gasteiger charge is -2.32. The Balaban J connectivity index is 1.73. The van der Waals surface area contributed by atoms with Crippen molar-refractivity contribution in [1.82, 2.24) is 9.80 Å². The quantitative estimate of drug-likeness (QED) is 0.796. The highest BCUT2D eigenvalue weighted by Gasteiger charge is 2.24. The van der Waals surface area contributed by atoms with Gasteiger partial charge in [-0.25, -0.2) is 0 Å². The molecule has 2 rings (SSSR count). The number of piperidine rings is 2. The fourth-order valence-electron chi connectivity index (χ4n) is 3.36. The molecule has 2 atom stereocenters. The predicted octanol–water partition coefficient (Wildman–Crippen LogP) is 2.28. The van der Waals surface area contributed by atoms with Gasteiger partial charge in [-0.05, 0) is 37.5 Å². The van der Waals surface area contributed by atoms with Crippen LogP contribution in [0.2, 0.25) is 0 Å². The van der Waals surface area contributed by atoms with Gasteiger partial charge in [0.25, 0.3) is 0 Å². The third-order valence-electron chi connectivity index (χ3n) is 4.57. The predicted molar refractivity (Wildman–Crippen MR) is 79.2 cm³/mol. The molecule has 2 fully saturated rings. The van der Waals surface area contributed by atoms with E-state index in [-0.39, 0.29) is 11.8 Å². The van der Waals surface area contributed by atoms with E-state index in [2.05, 4.69) is 13.8 Å². The van der Waals surface area contributed by atoms with Gasteiger partial charge in [0.15, 0.2) is 0 Å². The molecule has 0 spiro atoms. The van der Waals surface area contributed by atoms with Gasteiger partial charge in [0.2, 0.25) is 11.8 Å². The number of amides is 2. The summed E-state index contributed by atoms with van der Waals surface area (Å²) in [7, 11) is 0. The van der Waals surface area contributed by atoms with Gasteiger partial charge in [0, 0.05) is 39.0 Å². The Morgan fingerprint density at radius 2 is 1.25 bits per heavy atom. The van der Waals surface area contributed by atoms with E-state index in [1.807, 2.05) is 9.80 Å². The Bertz CT molecular complexity index is 322. The molecule has 0 aromatic heterocycles. The third-order valence-corrected chi connectivity index (χ3v) is 4.57. The first kappa shape index (κ1) is 15.3. The second-order valence-corrected chi connectivity index (χ2v) is 6.67. The van der Waals surface area contributed by atoms with Crippen LogP contribution in [-0.2, 0) is 9.59 Å². The minimum atomic E-state index is 0.162. The monoisotopic (exact) mass is 280 g/mol. The SMILES string of the molecule is C[C@@H]1CCCN(C(=O)CCC(=O)N2CCC[C@H](C)C2)C1. The van der Waals surface area contributed by atoms with E-state index >= 15 is 0 Å². The molecule has 2 aliphatic rings. The first-order valence-electron chi connectivity index (χ1n) is 8.12. The molecular formula is C16H28N2O2. The molecule has 0 aliphatic carbocycles. The molecule has 20 heavy (non-hydrogen) atoms. The number of carbonyl (C=O) groups is 2. The number of hydrogen-bond donors (Lipinski definition) is 0. The topological polar surface area (TPSA) is 40.6 Å². The summed E-state index contributed by atoms with van der Waals surface area (Å²) in [5.74, 6) is 1.53. The summed E-state index contributed by atoms with van der Waals surface area (Å²) in [4.78, 5) is 28.2. The maximum absolute atomic E-state index is 12.2. The van der Waals surface area contributed by atoms with Crippen molar-refractivity contribution in [3.8, 4) is 0 Å². The van der Waals surface area contributed by atoms with E-state index in [9.17, 15) is 9.59 Å². The average molecular weight is 280 g/mol. The maximum atomic E-state index is 12.2. The van der Waals surface area contributed by atoms with Crippen molar-refractivity contribution in [3.05, 3.63) is 0 Å². The molecule has 0 unspecified atom stereocenters. The van der Waals surface area contributed by atoms with E-state index in [0.29, 0.717) is 24.7 Å². The normalized spacial score (nSPS) is 27.5. The summed E-state index contributed by atoms with van der Waals surface area (Å²) < 4.78 is 0. The Morgan fingerprint density at radius 3 is 1.60 bits per heavy atom. The fourth-order valence-corrected chi connectivity index (χ4v) is 3.36. The largest absolute Gasteiger partial charge is 0.342 e. The molecular weight excluding hydrogens is 252 g/mol. The van der Waals surface area contributed by atoms with Crippen LogP contribution in [0.3, 0.4) is 0 Å². The number of hydrogen-bond acceptors (Lipinski definition) is 2. The second-order valence-electron chi connectivity index (χ2n) is 6.67. The molecule has 2 saturated heterocycles. The average Bonchev–Trinajstić information content (AvgIpc) is 2.44. The lowest BCUT2D eigenvalue weighted by Crippen LogP contribution is -2.41. The van der Waals surface area contributed by atoms with Gasteiger partial charge in [0.1, 0.15) is 0 Å². The summed E-state index contributed by atoms with van der Waals surface area (Å²) in [5, 5.41) is 0. The highest BCUT2D eigenvalue weighted by atomic mass is 16.2. The smallest absolute Gasteiger partial charge is 0.223 e. The molecule has 4 heteroatoms. The van der Waals surface area contributed by atoms with Crippen molar-refractivity contribution in [2.75, 3.05) is 26.2 Å². The number of carbonyl (C=O) groups excluding carboxylic acids is 2. The molecule has 0 saturated carbocycles. The molecule has 0 radical (unpaired) electrons. The Morgan fingerprint density at radius 1 is 0.850 bits per heavy atom. The van der Waals surface area contributed by atoms with Crippen molar-refractivity contribution in [2.24, 2.45) is 11.8 Å². The number of nitrogens with zero attached hydrogens (tertiary/aromatic N) is 2. The Hall–Kier alpha value is -1.06. The third kappa shape index (κ3) is 4.22. The van der Waals surface area contributed by atoms with Crippen molar-refractivity contribution in [1.29, 1.82) is 0 Å². The van der Waals surface area contributed by atoms with E-state index in [0.717, 1.165) is 39.0 Å². The van der Waals surface area contributed by atoms with Crippen molar-refractivity contribution in [3.63, 3.8) is 0 Å². The summed E-state index contributed by atoms with van der Waals surface area (Å²) in [6.07, 6.45) is 5.41. The summed E-state index contributed by atoms with van der Waals surface area (Å²) in [6.45, 7) is 7.87. The van der Waals surface area contributed by atoms with Crippen LogP contribution >= 0.6 is 0 Å². The lowest BCUT2D eigenvalue weighted by atomic mass is 9.99. The lowest BCUT2D eigenvalue weighted by molar-refractivity contribution is -0.138. The van der Waals surface area contributed by atoms with Gasteiger partial charge < -0.3 is 9.80 Å². The van der Waals surface area contributed by atoms with E-state index in [1.165, 1.54) is 12.8 Å². The van der Waals surface area contributed by atoms with Crippen LogP contribution in [0.1, 0.15) is 52.4 Å². The van der Waals surface area contributed by atoms with Crippen molar-refractivity contribution < 1.29 is 9.59 Å². The van der Waals surface area contributed by atoms with Crippen LogP contribution in [-0.4, -0.2) is 47.8 Å². The fraction of sp³-hybridized carbons (Fsp3) is 0.875. The molecule has 2 heterocycles. The molecule has 0 aromatic rings. The van der Waals surface area contributed by atoms with Crippen LogP contribution in [0.15, 0.2) is 0 Å². The zero-order valence-corrected chi connectivity index (χ0v) is 12.9. The summed E-state index contributed by atoms with van der Waals surface area (Å²) in [6, 6.07) is 0. The molecule has 2 aliphatic heterocycles. The number of rotatable bonds is 3. The highest BCUT2D eigenvalue weighted by molar-refractivity contribution is 5.84. The van der Waals surface area contributed by atoms with Gasteiger partial charge in [-0.1, -0.05) is 13.8 Å². The van der Waals surface area contributed by atoms with Gasteiger partial charge in [-0.2, -0.15) is 0 Å². The molecule has 114 valence electrons. The number of likely N-dealkylation sites (tertiary alicyclic amines) is 2. The van der Waals surface area contributed by atoms with Crippen LogP contribution in [0.5, 0.6) is 0 Å². The van der Waals surface area contributed by atoms with Gasteiger partial charge >= 0.3 is 0 Å². The Kier molecular flexibility index (Phi) is 5.44. The first-order valence-corrected chi connectivity index (χ1v) is 8.12. The van der Waals surface area contributed by atoms with Crippen LogP contribution in [0, 0.1) is 11.8 Å². The second kappa shape index (κ2) is 7.09. The molecule has 0 bridgehead atoms. The molecule has 0 N–H and O–H groups in total. The van der Waals surface area contributed by atoms with Crippen LogP contribution in [0.4, 0.5) is 0 Å². The van der Waals surface area contributed by atoms with Gasteiger partial charge in [0.05, 0.1) is 0 Å². The van der Waals surface area contributed by atoms with E-state index in [1.54, 1.807) is 0 Å². The summed E-state index contributed by atoms with van der Waals surface area (Å²) >= 11 is 0. The minimum Gasteiger partial charge on any atom is -0.342 e. The van der Waals surface area contributed by atoms with Crippen LogP contribution < -0.4 is 0 Å². The summed E-state index contributed by atoms with van der Waals surface area (Å²) in [5.41, 5.74) is 0. The highest BCUT2D eigenvalue weighted by Crippen LogP contribution is 2.18.